The summed E-state index contributed by atoms with van der Waals surface area (Å²) >= 11 is 0. The average molecular weight is 464 g/mol. The van der Waals surface area contributed by atoms with Crippen molar-refractivity contribution in [1.29, 1.82) is 0 Å². The van der Waals surface area contributed by atoms with E-state index < -0.39 is 5.97 Å². The highest BCUT2D eigenvalue weighted by Crippen LogP contribution is 2.24. The van der Waals surface area contributed by atoms with Gasteiger partial charge in [0.15, 0.2) is 0 Å². The lowest BCUT2D eigenvalue weighted by Crippen LogP contribution is -2.26. The minimum atomic E-state index is -0.940. The normalized spacial score (nSPS) is 11.1. The first kappa shape index (κ1) is 25.5. The zero-order valence-electron chi connectivity index (χ0n) is 20.5. The summed E-state index contributed by atoms with van der Waals surface area (Å²) in [4.78, 5) is 24.7. The number of unbranched alkanes of at least 4 members (excludes halogenated alkanes) is 6. The van der Waals surface area contributed by atoms with Gasteiger partial charge in [-0.25, -0.2) is 14.3 Å². The first-order chi connectivity index (χ1) is 16.5. The summed E-state index contributed by atoms with van der Waals surface area (Å²) < 4.78 is 3.45. The summed E-state index contributed by atoms with van der Waals surface area (Å²) in [7, 11) is 0. The van der Waals surface area contributed by atoms with Gasteiger partial charge in [0.25, 0.3) is 0 Å². The minimum absolute atomic E-state index is 0.0395. The molecule has 1 aromatic heterocycles. The number of aromatic carboxylic acids is 1. The Morgan fingerprint density at radius 2 is 1.56 bits per heavy atom. The average Bonchev–Trinajstić information content (AvgIpc) is 3.14. The van der Waals surface area contributed by atoms with Crippen molar-refractivity contribution in [2.75, 3.05) is 0 Å². The number of carbonyl (C=O) groups is 1. The molecule has 0 fully saturated rings. The van der Waals surface area contributed by atoms with Crippen LogP contribution in [-0.2, 0) is 19.5 Å². The highest BCUT2D eigenvalue weighted by atomic mass is 16.4. The van der Waals surface area contributed by atoms with Crippen molar-refractivity contribution in [3.63, 3.8) is 0 Å². The van der Waals surface area contributed by atoms with Crippen LogP contribution < -0.4 is 5.69 Å². The molecule has 0 aliphatic rings. The van der Waals surface area contributed by atoms with Crippen LogP contribution in [0.4, 0.5) is 0 Å². The molecule has 1 heterocycles. The number of carboxylic acids is 1. The Bertz CT molecular complexity index is 1110. The van der Waals surface area contributed by atoms with Gasteiger partial charge in [0.05, 0.1) is 12.1 Å². The van der Waals surface area contributed by atoms with E-state index in [4.69, 9.17) is 5.10 Å². The third-order valence-corrected chi connectivity index (χ3v) is 6.24. The molecule has 0 radical (unpaired) electrons. The molecule has 2 aromatic carbocycles. The minimum Gasteiger partial charge on any atom is -0.478 e. The first-order valence-electron chi connectivity index (χ1n) is 12.6. The predicted octanol–water partition coefficient (Wildman–Crippen LogP) is 6.16. The summed E-state index contributed by atoms with van der Waals surface area (Å²) in [6.07, 6.45) is 9.81. The molecule has 0 bridgehead atoms. The van der Waals surface area contributed by atoms with Crippen molar-refractivity contribution in [2.45, 2.75) is 84.7 Å². The van der Waals surface area contributed by atoms with Crippen LogP contribution in [0.2, 0.25) is 0 Å². The smallest absolute Gasteiger partial charge is 0.346 e. The highest BCUT2D eigenvalue weighted by molar-refractivity contribution is 5.95. The molecule has 34 heavy (non-hydrogen) atoms. The lowest BCUT2D eigenvalue weighted by atomic mass is 9.99. The molecule has 0 aliphatic heterocycles. The molecule has 0 amide bonds. The molecule has 3 rings (SSSR count). The Hall–Kier alpha value is -3.15. The van der Waals surface area contributed by atoms with E-state index in [0.29, 0.717) is 18.7 Å². The number of nitrogens with zero attached hydrogens (tertiary/aromatic N) is 3. The van der Waals surface area contributed by atoms with Gasteiger partial charge in [-0.1, -0.05) is 94.8 Å². The van der Waals surface area contributed by atoms with Gasteiger partial charge in [-0.05, 0) is 35.6 Å². The summed E-state index contributed by atoms with van der Waals surface area (Å²) in [5.41, 5.74) is 2.78. The van der Waals surface area contributed by atoms with E-state index in [1.165, 1.54) is 19.3 Å². The zero-order chi connectivity index (χ0) is 24.3. The second-order valence-electron chi connectivity index (χ2n) is 8.93. The quantitative estimate of drug-likeness (QED) is 0.290. The Morgan fingerprint density at radius 1 is 0.882 bits per heavy atom. The second-order valence-corrected chi connectivity index (χ2v) is 8.93. The lowest BCUT2D eigenvalue weighted by Gasteiger charge is -2.09. The molecule has 0 saturated carbocycles. The molecule has 0 atom stereocenters. The second kappa shape index (κ2) is 12.9. The maximum absolute atomic E-state index is 13.2. The van der Waals surface area contributed by atoms with Crippen molar-refractivity contribution in [1.82, 2.24) is 14.3 Å². The maximum atomic E-state index is 13.2. The monoisotopic (exact) mass is 463 g/mol. The van der Waals surface area contributed by atoms with Crippen molar-refractivity contribution in [3.05, 3.63) is 76.0 Å². The maximum Gasteiger partial charge on any atom is 0.346 e. The molecule has 0 saturated heterocycles. The first-order valence-corrected chi connectivity index (χ1v) is 12.6. The number of aryl methyl sites for hydroxylation is 2. The number of carboxylic acid groups (broad SMARTS) is 1. The molecule has 3 aromatic rings. The molecule has 0 aliphatic carbocycles. The number of aromatic nitrogens is 3. The van der Waals surface area contributed by atoms with Crippen LogP contribution in [0.3, 0.4) is 0 Å². The van der Waals surface area contributed by atoms with Crippen molar-refractivity contribution < 1.29 is 9.90 Å². The summed E-state index contributed by atoms with van der Waals surface area (Å²) in [6.45, 7) is 5.51. The number of hydrogen-bond acceptors (Lipinski definition) is 3. The largest absolute Gasteiger partial charge is 0.478 e. The van der Waals surface area contributed by atoms with E-state index in [1.807, 2.05) is 41.0 Å². The van der Waals surface area contributed by atoms with Gasteiger partial charge in [-0.15, -0.1) is 0 Å². The van der Waals surface area contributed by atoms with Crippen molar-refractivity contribution in [2.24, 2.45) is 0 Å². The van der Waals surface area contributed by atoms with E-state index in [2.05, 4.69) is 13.8 Å². The Labute approximate surface area is 202 Å². The Balaban J connectivity index is 1.79. The third kappa shape index (κ3) is 6.69. The topological polar surface area (TPSA) is 77.1 Å². The van der Waals surface area contributed by atoms with Crippen LogP contribution in [-0.4, -0.2) is 25.4 Å². The highest BCUT2D eigenvalue weighted by Gasteiger charge is 2.15. The standard InChI is InChI=1S/C28H37N3O3/c1-3-5-7-8-12-20-31-28(34)30(26(29-31)15-9-6-4-2)21-22-16-18-23(19-17-22)24-13-10-11-14-25(24)27(32)33/h10-11,13-14,16-19H,3-9,12,15,20-21H2,1-2H3,(H,32,33). The fourth-order valence-electron chi connectivity index (χ4n) is 4.27. The molecular weight excluding hydrogens is 426 g/mol. The fourth-order valence-corrected chi connectivity index (χ4v) is 4.27. The van der Waals surface area contributed by atoms with Gasteiger partial charge in [0.2, 0.25) is 0 Å². The number of hydrogen-bond donors (Lipinski definition) is 1. The molecule has 0 spiro atoms. The SMILES string of the molecule is CCCCCCCn1nc(CCCCC)n(Cc2ccc(-c3ccccc3C(=O)O)cc2)c1=O. The van der Waals surface area contributed by atoms with Gasteiger partial charge < -0.3 is 5.11 Å². The van der Waals surface area contributed by atoms with Gasteiger partial charge in [0.1, 0.15) is 5.82 Å². The molecular formula is C28H37N3O3. The number of rotatable bonds is 14. The molecule has 6 nitrogen and oxygen atoms in total. The predicted molar refractivity (Wildman–Crippen MR) is 136 cm³/mol. The molecule has 182 valence electrons. The van der Waals surface area contributed by atoms with Gasteiger partial charge in [-0.2, -0.15) is 5.10 Å². The van der Waals surface area contributed by atoms with Gasteiger partial charge in [-0.3, -0.25) is 4.57 Å². The summed E-state index contributed by atoms with van der Waals surface area (Å²) in [5.74, 6) is -0.0858. The fraction of sp³-hybridized carbons (Fsp3) is 0.464. The summed E-state index contributed by atoms with van der Waals surface area (Å²) in [6, 6.07) is 14.8. The van der Waals surface area contributed by atoms with E-state index in [-0.39, 0.29) is 11.3 Å². The van der Waals surface area contributed by atoms with E-state index in [9.17, 15) is 14.7 Å². The van der Waals surface area contributed by atoms with E-state index in [0.717, 1.165) is 55.5 Å². The van der Waals surface area contributed by atoms with Crippen LogP contribution in [0, 0.1) is 0 Å². The van der Waals surface area contributed by atoms with E-state index >= 15 is 0 Å². The van der Waals surface area contributed by atoms with E-state index in [1.54, 1.807) is 16.8 Å². The van der Waals surface area contributed by atoms with Crippen molar-refractivity contribution in [3.8, 4) is 11.1 Å². The van der Waals surface area contributed by atoms with Crippen LogP contribution in [0.1, 0.15) is 87.0 Å². The van der Waals surface area contributed by atoms with Crippen LogP contribution in [0.15, 0.2) is 53.3 Å². The van der Waals surface area contributed by atoms with Gasteiger partial charge >= 0.3 is 11.7 Å². The van der Waals surface area contributed by atoms with Crippen LogP contribution in [0.25, 0.3) is 11.1 Å². The zero-order valence-corrected chi connectivity index (χ0v) is 20.5. The van der Waals surface area contributed by atoms with Crippen molar-refractivity contribution >= 4 is 5.97 Å². The Morgan fingerprint density at radius 3 is 2.26 bits per heavy atom. The molecule has 0 unspecified atom stereocenters. The Kier molecular flexibility index (Phi) is 9.68. The number of benzene rings is 2. The van der Waals surface area contributed by atoms with Gasteiger partial charge in [0, 0.05) is 13.0 Å². The molecule has 1 N–H and O–H groups in total. The summed E-state index contributed by atoms with van der Waals surface area (Å²) in [5, 5.41) is 14.2. The third-order valence-electron chi connectivity index (χ3n) is 6.24. The van der Waals surface area contributed by atoms with Crippen LogP contribution in [0.5, 0.6) is 0 Å². The van der Waals surface area contributed by atoms with Crippen LogP contribution >= 0.6 is 0 Å². The lowest BCUT2D eigenvalue weighted by molar-refractivity contribution is 0.0697. The molecule has 6 heteroatoms.